The number of halogens is 1. The second kappa shape index (κ2) is 12.7. The van der Waals surface area contributed by atoms with E-state index in [0.717, 1.165) is 39.3 Å². The Morgan fingerprint density at radius 1 is 1.20 bits per heavy atom. The van der Waals surface area contributed by atoms with E-state index in [1.807, 2.05) is 20.8 Å². The van der Waals surface area contributed by atoms with E-state index in [1.165, 1.54) is 12.4 Å². The van der Waals surface area contributed by atoms with Crippen LogP contribution in [-0.4, -0.2) is 94.1 Å². The Morgan fingerprint density at radius 3 is 2.63 bits per heavy atom. The number of rotatable bonds is 9. The maximum absolute atomic E-state index is 12.8. The third-order valence-electron chi connectivity index (χ3n) is 6.65. The number of likely N-dealkylation sites (N-methyl/N-ethyl adjacent to an activating group) is 1. The third-order valence-corrected chi connectivity index (χ3v) is 7.04. The SMILES string of the molecule is CN1CCN(CCN/C=C\C(=N)NC(=O)c2ccc3c(Cl)c(C(=N)c4c(N)ncnc4NC(C)(C)C)[nH]c3c2)CC1. The second-order valence-electron chi connectivity index (χ2n) is 11.1. The molecule has 2 aromatic heterocycles. The van der Waals surface area contributed by atoms with E-state index in [2.05, 4.69) is 47.7 Å². The summed E-state index contributed by atoms with van der Waals surface area (Å²) in [6.45, 7) is 11.9. The summed E-state index contributed by atoms with van der Waals surface area (Å²) < 4.78 is 0. The zero-order valence-electron chi connectivity index (χ0n) is 23.9. The van der Waals surface area contributed by atoms with Gasteiger partial charge in [0, 0.05) is 67.5 Å². The normalized spacial score (nSPS) is 14.9. The maximum atomic E-state index is 12.8. The van der Waals surface area contributed by atoms with Crippen LogP contribution in [0.25, 0.3) is 10.9 Å². The molecule has 0 spiro atoms. The number of aromatic nitrogens is 3. The number of amides is 1. The standard InChI is InChI=1S/C28H38ClN11O/c1-28(2,3)38-26-21(25(32)34-16-35-26)23(31)24-22(29)18-6-5-17(15-19(18)36-24)27(41)37-20(30)7-8-33-9-10-40-13-11-39(4)12-14-40/h5-8,15-16,31,33,36H,9-14H2,1-4H3,(H2,30,37,41)(H3,32,34,35,38)/b8-7-,31-23?. The van der Waals surface area contributed by atoms with Crippen molar-refractivity contribution in [2.75, 3.05) is 57.4 Å². The highest BCUT2D eigenvalue weighted by molar-refractivity contribution is 6.40. The van der Waals surface area contributed by atoms with Gasteiger partial charge in [-0.25, -0.2) is 9.97 Å². The molecule has 1 saturated heterocycles. The first-order valence-corrected chi connectivity index (χ1v) is 13.8. The Morgan fingerprint density at radius 2 is 1.93 bits per heavy atom. The number of nitrogens with zero attached hydrogens (tertiary/aromatic N) is 4. The monoisotopic (exact) mass is 579 g/mol. The molecule has 12 nitrogen and oxygen atoms in total. The zero-order chi connectivity index (χ0) is 29.7. The first-order valence-electron chi connectivity index (χ1n) is 13.4. The first-order chi connectivity index (χ1) is 19.4. The van der Waals surface area contributed by atoms with Gasteiger partial charge >= 0.3 is 0 Å². The number of carbonyl (C=O) groups is 1. The number of fused-ring (bicyclic) bond motifs is 1. The number of benzene rings is 1. The Bertz CT molecular complexity index is 1470. The van der Waals surface area contributed by atoms with E-state index in [1.54, 1.807) is 24.4 Å². The van der Waals surface area contributed by atoms with Gasteiger partial charge in [0.05, 0.1) is 22.0 Å². The fourth-order valence-corrected chi connectivity index (χ4v) is 4.76. The summed E-state index contributed by atoms with van der Waals surface area (Å²) in [5, 5.41) is 27.0. The molecule has 0 unspecified atom stereocenters. The van der Waals surface area contributed by atoms with Crippen LogP contribution in [0.3, 0.4) is 0 Å². The minimum absolute atomic E-state index is 0.0223. The van der Waals surface area contributed by atoms with Crippen LogP contribution in [0.1, 0.15) is 42.4 Å². The summed E-state index contributed by atoms with van der Waals surface area (Å²) in [7, 11) is 2.13. The number of hydrogen-bond acceptors (Lipinski definition) is 10. The van der Waals surface area contributed by atoms with Gasteiger partial charge in [-0.1, -0.05) is 17.7 Å². The number of nitrogens with one attached hydrogen (secondary N) is 6. The molecule has 0 atom stereocenters. The van der Waals surface area contributed by atoms with Gasteiger partial charge in [-0.2, -0.15) is 0 Å². The molecule has 3 aromatic rings. The van der Waals surface area contributed by atoms with E-state index in [0.29, 0.717) is 38.6 Å². The predicted octanol–water partition coefficient (Wildman–Crippen LogP) is 2.88. The Balaban J connectivity index is 1.41. The molecular weight excluding hydrogens is 542 g/mol. The van der Waals surface area contributed by atoms with Crippen molar-refractivity contribution in [2.45, 2.75) is 26.3 Å². The lowest BCUT2D eigenvalue weighted by molar-refractivity contribution is 0.0977. The largest absolute Gasteiger partial charge is 0.389 e. The lowest BCUT2D eigenvalue weighted by Crippen LogP contribution is -2.46. The molecule has 218 valence electrons. The first kappa shape index (κ1) is 30.0. The van der Waals surface area contributed by atoms with E-state index in [9.17, 15) is 4.79 Å². The highest BCUT2D eigenvalue weighted by atomic mass is 35.5. The van der Waals surface area contributed by atoms with Crippen molar-refractivity contribution in [3.8, 4) is 0 Å². The van der Waals surface area contributed by atoms with Gasteiger partial charge in [0.15, 0.2) is 0 Å². The average Bonchev–Trinajstić information content (AvgIpc) is 3.24. The van der Waals surface area contributed by atoms with Crippen LogP contribution in [0, 0.1) is 10.8 Å². The molecule has 0 bridgehead atoms. The predicted molar refractivity (Wildman–Crippen MR) is 165 cm³/mol. The summed E-state index contributed by atoms with van der Waals surface area (Å²) in [6, 6.07) is 4.97. The number of amidine groups is 1. The molecular formula is C28H38ClN11O. The fraction of sp³-hybridized carbons (Fsp3) is 0.393. The maximum Gasteiger partial charge on any atom is 0.256 e. The van der Waals surface area contributed by atoms with Crippen molar-refractivity contribution in [1.29, 1.82) is 10.8 Å². The van der Waals surface area contributed by atoms with Gasteiger partial charge < -0.3 is 31.6 Å². The highest BCUT2D eigenvalue weighted by Gasteiger charge is 2.24. The second-order valence-corrected chi connectivity index (χ2v) is 11.5. The number of aromatic amines is 1. The molecule has 1 aromatic carbocycles. The van der Waals surface area contributed by atoms with Crippen molar-refractivity contribution >= 4 is 51.6 Å². The number of carbonyl (C=O) groups excluding carboxylic acids is 1. The lowest BCUT2D eigenvalue weighted by atomic mass is 10.1. The van der Waals surface area contributed by atoms with Crippen LogP contribution in [0.4, 0.5) is 11.6 Å². The van der Waals surface area contributed by atoms with Crippen LogP contribution in [-0.2, 0) is 0 Å². The molecule has 3 heterocycles. The van der Waals surface area contributed by atoms with Crippen molar-refractivity contribution in [1.82, 2.24) is 35.4 Å². The summed E-state index contributed by atoms with van der Waals surface area (Å²) in [5.74, 6) is 0.100. The minimum atomic E-state index is -0.432. The smallest absolute Gasteiger partial charge is 0.256 e. The Labute approximate surface area is 244 Å². The third kappa shape index (κ3) is 7.60. The molecule has 4 rings (SSSR count). The lowest BCUT2D eigenvalue weighted by Gasteiger charge is -2.32. The van der Waals surface area contributed by atoms with Crippen LogP contribution in [0.2, 0.25) is 5.02 Å². The zero-order valence-corrected chi connectivity index (χ0v) is 24.6. The number of hydrogen-bond donors (Lipinski definition) is 7. The molecule has 1 fully saturated rings. The molecule has 41 heavy (non-hydrogen) atoms. The van der Waals surface area contributed by atoms with Crippen molar-refractivity contribution < 1.29 is 4.79 Å². The number of piperazine rings is 1. The topological polar surface area (TPSA) is 175 Å². The van der Waals surface area contributed by atoms with Crippen LogP contribution >= 0.6 is 11.6 Å². The minimum Gasteiger partial charge on any atom is -0.389 e. The Hall–Kier alpha value is -4.00. The van der Waals surface area contributed by atoms with Gasteiger partial charge in [0.2, 0.25) is 0 Å². The molecule has 0 aliphatic carbocycles. The number of anilines is 2. The van der Waals surface area contributed by atoms with Gasteiger partial charge in [-0.3, -0.25) is 20.5 Å². The van der Waals surface area contributed by atoms with Gasteiger partial charge in [-0.15, -0.1) is 0 Å². The van der Waals surface area contributed by atoms with E-state index in [-0.39, 0.29) is 22.9 Å². The molecule has 0 radical (unpaired) electrons. The van der Waals surface area contributed by atoms with Crippen LogP contribution in [0.5, 0.6) is 0 Å². The van der Waals surface area contributed by atoms with Crippen LogP contribution < -0.4 is 21.7 Å². The summed E-state index contributed by atoms with van der Waals surface area (Å²) >= 11 is 6.66. The van der Waals surface area contributed by atoms with Gasteiger partial charge in [0.1, 0.15) is 23.8 Å². The van der Waals surface area contributed by atoms with Gasteiger partial charge in [-0.05, 0) is 46.0 Å². The van der Waals surface area contributed by atoms with E-state index < -0.39 is 5.91 Å². The van der Waals surface area contributed by atoms with Crippen molar-refractivity contribution in [3.05, 3.63) is 58.6 Å². The summed E-state index contributed by atoms with van der Waals surface area (Å²) in [6.07, 6.45) is 4.53. The fourth-order valence-electron chi connectivity index (χ4n) is 4.45. The van der Waals surface area contributed by atoms with Gasteiger partial charge in [0.25, 0.3) is 5.91 Å². The molecule has 0 saturated carbocycles. The van der Waals surface area contributed by atoms with E-state index >= 15 is 0 Å². The molecule has 1 aliphatic rings. The summed E-state index contributed by atoms with van der Waals surface area (Å²) in [5.41, 5.74) is 7.40. The number of H-pyrrole nitrogens is 1. The molecule has 1 aliphatic heterocycles. The Kier molecular flexibility index (Phi) is 9.26. The molecule has 1 amide bonds. The highest BCUT2D eigenvalue weighted by Crippen LogP contribution is 2.32. The van der Waals surface area contributed by atoms with E-state index in [4.69, 9.17) is 28.2 Å². The quantitative estimate of drug-likeness (QED) is 0.115. The van der Waals surface area contributed by atoms with Crippen molar-refractivity contribution in [3.63, 3.8) is 0 Å². The molecule has 13 heteroatoms. The number of nitrogen functional groups attached to an aromatic ring is 1. The molecule has 8 N–H and O–H groups in total. The van der Waals surface area contributed by atoms with Crippen molar-refractivity contribution in [2.24, 2.45) is 0 Å². The summed E-state index contributed by atoms with van der Waals surface area (Å²) in [4.78, 5) is 29.1. The average molecular weight is 580 g/mol. The van der Waals surface area contributed by atoms with Crippen LogP contribution in [0.15, 0.2) is 36.8 Å². The number of nitrogens with two attached hydrogens (primary N) is 1.